The number of nitriles is 1. The predicted molar refractivity (Wildman–Crippen MR) is 106 cm³/mol. The molecular formula is C18H16BrN3O4S. The Morgan fingerprint density at radius 1 is 1.44 bits per heavy atom. The van der Waals surface area contributed by atoms with Crippen molar-refractivity contribution in [2.75, 3.05) is 11.5 Å². The number of aromatic nitrogens is 1. The molecule has 7 nitrogen and oxygen atoms in total. The van der Waals surface area contributed by atoms with Crippen LogP contribution in [0.3, 0.4) is 0 Å². The van der Waals surface area contributed by atoms with E-state index in [0.717, 1.165) is 9.04 Å². The van der Waals surface area contributed by atoms with Crippen LogP contribution in [0.1, 0.15) is 29.2 Å². The molecule has 0 spiro atoms. The van der Waals surface area contributed by atoms with Crippen LogP contribution in [0.5, 0.6) is 5.88 Å². The summed E-state index contributed by atoms with van der Waals surface area (Å²) in [4.78, 5) is 16.9. The number of aliphatic imine (C=N–C) groups is 1. The van der Waals surface area contributed by atoms with Crippen molar-refractivity contribution >= 4 is 37.7 Å². The molecule has 1 saturated heterocycles. The van der Waals surface area contributed by atoms with Gasteiger partial charge in [0.2, 0.25) is 5.88 Å². The molecule has 1 aromatic heterocycles. The molecule has 0 bridgehead atoms. The van der Waals surface area contributed by atoms with Crippen LogP contribution in [-0.2, 0) is 9.84 Å². The van der Waals surface area contributed by atoms with Gasteiger partial charge in [-0.1, -0.05) is 22.0 Å². The van der Waals surface area contributed by atoms with E-state index < -0.39 is 21.4 Å². The van der Waals surface area contributed by atoms with Gasteiger partial charge in [-0.05, 0) is 37.1 Å². The van der Waals surface area contributed by atoms with Crippen LogP contribution in [0.4, 0.5) is 5.69 Å². The van der Waals surface area contributed by atoms with E-state index in [1.165, 1.54) is 6.21 Å². The number of pyridine rings is 1. The minimum absolute atomic E-state index is 0.0548. The van der Waals surface area contributed by atoms with Gasteiger partial charge in [0, 0.05) is 10.7 Å². The summed E-state index contributed by atoms with van der Waals surface area (Å²) in [5.41, 5.74) is 0.316. The molecule has 3 rings (SSSR count). The Balaban J connectivity index is 2.16. The number of benzene rings is 1. The SMILES string of the molecule is Cc1c(C=Nc2cccc(Br)c2)c(O)n(C2CCS(=O)(=O)C2)c(=O)c1C#N. The number of nitrogens with zero attached hydrogens (tertiary/aromatic N) is 3. The maximum Gasteiger partial charge on any atom is 0.271 e. The summed E-state index contributed by atoms with van der Waals surface area (Å²) in [6, 6.07) is 8.34. The van der Waals surface area contributed by atoms with Gasteiger partial charge in [0.15, 0.2) is 9.84 Å². The zero-order valence-corrected chi connectivity index (χ0v) is 16.8. The predicted octanol–water partition coefficient (Wildman–Crippen LogP) is 2.61. The van der Waals surface area contributed by atoms with Gasteiger partial charge in [-0.3, -0.25) is 14.4 Å². The molecule has 1 fully saturated rings. The summed E-state index contributed by atoms with van der Waals surface area (Å²) >= 11 is 3.35. The molecule has 9 heteroatoms. The monoisotopic (exact) mass is 449 g/mol. The fourth-order valence-corrected chi connectivity index (χ4v) is 5.20. The molecule has 1 aliphatic rings. The second-order valence-corrected chi connectivity index (χ2v) is 9.46. The summed E-state index contributed by atoms with van der Waals surface area (Å²) in [5, 5.41) is 20.1. The third-order valence-corrected chi connectivity index (χ3v) is 6.76. The Hall–Kier alpha value is -2.44. The van der Waals surface area contributed by atoms with Crippen molar-refractivity contribution < 1.29 is 13.5 Å². The van der Waals surface area contributed by atoms with E-state index in [1.807, 2.05) is 12.1 Å². The zero-order chi connectivity index (χ0) is 19.8. The molecule has 1 aromatic carbocycles. The van der Waals surface area contributed by atoms with Gasteiger partial charge in [0.05, 0.1) is 28.8 Å². The largest absolute Gasteiger partial charge is 0.494 e. The molecule has 1 atom stereocenters. The van der Waals surface area contributed by atoms with Crippen molar-refractivity contribution in [2.45, 2.75) is 19.4 Å². The quantitative estimate of drug-likeness (QED) is 0.723. The molecule has 0 saturated carbocycles. The topological polar surface area (TPSA) is 113 Å². The highest BCUT2D eigenvalue weighted by Gasteiger charge is 2.33. The summed E-state index contributed by atoms with van der Waals surface area (Å²) in [5.74, 6) is -0.672. The highest BCUT2D eigenvalue weighted by Crippen LogP contribution is 2.30. The Morgan fingerprint density at radius 3 is 2.78 bits per heavy atom. The molecule has 1 aliphatic heterocycles. The fraction of sp³-hybridized carbons (Fsp3) is 0.278. The molecule has 0 aliphatic carbocycles. The maximum atomic E-state index is 12.6. The van der Waals surface area contributed by atoms with E-state index >= 15 is 0 Å². The third-order valence-electron chi connectivity index (χ3n) is 4.52. The van der Waals surface area contributed by atoms with Crippen LogP contribution in [0, 0.1) is 18.3 Å². The first-order chi connectivity index (χ1) is 12.7. The van der Waals surface area contributed by atoms with E-state index in [-0.39, 0.29) is 34.9 Å². The average molecular weight is 450 g/mol. The second kappa shape index (κ2) is 7.29. The molecule has 0 radical (unpaired) electrons. The van der Waals surface area contributed by atoms with Crippen LogP contribution in [-0.4, -0.2) is 35.8 Å². The number of aromatic hydroxyl groups is 1. The fourth-order valence-electron chi connectivity index (χ4n) is 3.11. The number of halogens is 1. The maximum absolute atomic E-state index is 12.6. The highest BCUT2D eigenvalue weighted by atomic mass is 79.9. The van der Waals surface area contributed by atoms with Crippen LogP contribution in [0.15, 0.2) is 38.5 Å². The summed E-state index contributed by atoms with van der Waals surface area (Å²) in [6.07, 6.45) is 1.60. The van der Waals surface area contributed by atoms with E-state index in [4.69, 9.17) is 0 Å². The molecule has 1 N–H and O–H groups in total. The summed E-state index contributed by atoms with van der Waals surface area (Å²) in [7, 11) is -3.27. The molecule has 140 valence electrons. The first-order valence-corrected chi connectivity index (χ1v) is 10.7. The standard InChI is InChI=1S/C18H16BrN3O4S/c1-11-15(8-20)17(23)22(14-5-6-27(25,26)10-14)18(24)16(11)9-21-13-4-2-3-12(19)7-13/h2-4,7,9,14,24H,5-6,10H2,1H3. The van der Waals surface area contributed by atoms with Crippen LogP contribution in [0.2, 0.25) is 0 Å². The van der Waals surface area contributed by atoms with E-state index in [1.54, 1.807) is 25.1 Å². The minimum atomic E-state index is -3.27. The van der Waals surface area contributed by atoms with E-state index in [2.05, 4.69) is 20.9 Å². The lowest BCUT2D eigenvalue weighted by Gasteiger charge is -2.18. The van der Waals surface area contributed by atoms with Crippen molar-refractivity contribution in [2.24, 2.45) is 4.99 Å². The molecular weight excluding hydrogens is 434 g/mol. The van der Waals surface area contributed by atoms with Gasteiger partial charge >= 0.3 is 0 Å². The molecule has 2 heterocycles. The molecule has 2 aromatic rings. The molecule has 1 unspecified atom stereocenters. The van der Waals surface area contributed by atoms with Gasteiger partial charge in [-0.2, -0.15) is 5.26 Å². The second-order valence-electron chi connectivity index (χ2n) is 6.32. The van der Waals surface area contributed by atoms with Gasteiger partial charge in [-0.15, -0.1) is 0 Å². The highest BCUT2D eigenvalue weighted by molar-refractivity contribution is 9.10. The van der Waals surface area contributed by atoms with Crippen molar-refractivity contribution in [3.63, 3.8) is 0 Å². The number of hydrogen-bond donors (Lipinski definition) is 1. The first-order valence-electron chi connectivity index (χ1n) is 8.11. The van der Waals surface area contributed by atoms with Gasteiger partial charge in [0.1, 0.15) is 11.6 Å². The van der Waals surface area contributed by atoms with Crippen molar-refractivity contribution in [3.8, 4) is 11.9 Å². The minimum Gasteiger partial charge on any atom is -0.494 e. The van der Waals surface area contributed by atoms with Crippen LogP contribution in [0.25, 0.3) is 0 Å². The molecule has 27 heavy (non-hydrogen) atoms. The van der Waals surface area contributed by atoms with Gasteiger partial charge in [0.25, 0.3) is 5.56 Å². The lowest BCUT2D eigenvalue weighted by molar-refractivity contribution is 0.379. The Labute approximate surface area is 164 Å². The number of hydrogen-bond acceptors (Lipinski definition) is 6. The molecule has 0 amide bonds. The van der Waals surface area contributed by atoms with Crippen LogP contribution >= 0.6 is 15.9 Å². The van der Waals surface area contributed by atoms with Crippen molar-refractivity contribution in [1.82, 2.24) is 4.57 Å². The normalized spacial score (nSPS) is 18.6. The van der Waals surface area contributed by atoms with Crippen molar-refractivity contribution in [3.05, 3.63) is 55.8 Å². The lowest BCUT2D eigenvalue weighted by atomic mass is 10.0. The van der Waals surface area contributed by atoms with Gasteiger partial charge in [-0.25, -0.2) is 8.42 Å². The summed E-state index contributed by atoms with van der Waals surface area (Å²) < 4.78 is 25.4. The Kier molecular flexibility index (Phi) is 5.22. The van der Waals surface area contributed by atoms with Gasteiger partial charge < -0.3 is 5.11 Å². The Morgan fingerprint density at radius 2 is 2.19 bits per heavy atom. The number of rotatable bonds is 3. The Bertz CT molecular complexity index is 1150. The number of sulfone groups is 1. The zero-order valence-electron chi connectivity index (χ0n) is 14.4. The third kappa shape index (κ3) is 3.82. The van der Waals surface area contributed by atoms with E-state index in [0.29, 0.717) is 11.3 Å². The summed E-state index contributed by atoms with van der Waals surface area (Å²) in [6.45, 7) is 1.55. The lowest BCUT2D eigenvalue weighted by Crippen LogP contribution is -2.29. The van der Waals surface area contributed by atoms with Crippen molar-refractivity contribution in [1.29, 1.82) is 5.26 Å². The van der Waals surface area contributed by atoms with Crippen LogP contribution < -0.4 is 5.56 Å². The smallest absolute Gasteiger partial charge is 0.271 e. The average Bonchev–Trinajstić information content (AvgIpc) is 2.94. The van der Waals surface area contributed by atoms with E-state index in [9.17, 15) is 23.6 Å². The first kappa shape index (κ1) is 19.3.